The highest BCUT2D eigenvalue weighted by Gasteiger charge is 2.04. The Kier molecular flexibility index (Phi) is 5.40. The molecule has 1 heterocycles. The molecule has 2 aromatic rings. The van der Waals surface area contributed by atoms with E-state index >= 15 is 0 Å². The molecule has 2 rings (SSSR count). The molecule has 0 amide bonds. The van der Waals surface area contributed by atoms with Gasteiger partial charge in [-0.05, 0) is 33.4 Å². The van der Waals surface area contributed by atoms with Crippen molar-refractivity contribution in [3.8, 4) is 11.8 Å². The van der Waals surface area contributed by atoms with Gasteiger partial charge in [-0.2, -0.15) is 5.26 Å². The van der Waals surface area contributed by atoms with Crippen LogP contribution in [0.15, 0.2) is 40.2 Å². The third kappa shape index (κ3) is 4.06. The van der Waals surface area contributed by atoms with Gasteiger partial charge >= 0.3 is 0 Å². The molecule has 0 fully saturated rings. The molecule has 1 aromatic heterocycles. The molecule has 0 saturated carbocycles. The first-order valence-electron chi connectivity index (χ1n) is 5.81. The van der Waals surface area contributed by atoms with Crippen molar-refractivity contribution in [2.24, 2.45) is 0 Å². The van der Waals surface area contributed by atoms with E-state index in [1.165, 1.54) is 4.88 Å². The molecule has 1 N–H and O–H groups in total. The monoisotopic (exact) mass is 336 g/mol. The summed E-state index contributed by atoms with van der Waals surface area (Å²) in [6, 6.07) is 11.8. The van der Waals surface area contributed by atoms with Crippen LogP contribution in [-0.2, 0) is 13.1 Å². The van der Waals surface area contributed by atoms with Gasteiger partial charge in [-0.3, -0.25) is 0 Å². The summed E-state index contributed by atoms with van der Waals surface area (Å²) in [4.78, 5) is 1.27. The lowest BCUT2D eigenvalue weighted by Gasteiger charge is -2.09. The lowest BCUT2D eigenvalue weighted by molar-refractivity contribution is 0.362. The fraction of sp³-hybridized carbons (Fsp3) is 0.214. The second-order valence-electron chi connectivity index (χ2n) is 3.85. The van der Waals surface area contributed by atoms with Crippen LogP contribution in [0.3, 0.4) is 0 Å². The molecular formula is C14H13BrN2OS. The van der Waals surface area contributed by atoms with Crippen LogP contribution in [-0.4, -0.2) is 6.61 Å². The lowest BCUT2D eigenvalue weighted by Crippen LogP contribution is -2.13. The zero-order valence-corrected chi connectivity index (χ0v) is 12.6. The van der Waals surface area contributed by atoms with Crippen molar-refractivity contribution in [3.63, 3.8) is 0 Å². The number of nitriles is 1. The van der Waals surface area contributed by atoms with Gasteiger partial charge in [0.1, 0.15) is 11.8 Å². The smallest absolute Gasteiger partial charge is 0.174 e. The number of nitrogens with zero attached hydrogens (tertiary/aromatic N) is 1. The standard InChI is InChI=1S/C14H13BrN2OS/c15-12-5-8-19-14(12)10-17-9-11-3-1-2-4-13(11)18-7-6-16/h1-5,8,17H,7,9-10H2. The number of rotatable bonds is 6. The molecule has 1 aromatic carbocycles. The predicted molar refractivity (Wildman–Crippen MR) is 80.1 cm³/mol. The lowest BCUT2D eigenvalue weighted by atomic mass is 10.2. The zero-order chi connectivity index (χ0) is 13.5. The summed E-state index contributed by atoms with van der Waals surface area (Å²) in [6.07, 6.45) is 0. The van der Waals surface area contributed by atoms with E-state index < -0.39 is 0 Å². The van der Waals surface area contributed by atoms with Gasteiger partial charge in [-0.1, -0.05) is 18.2 Å². The minimum absolute atomic E-state index is 0.0769. The molecule has 0 aliphatic heterocycles. The van der Waals surface area contributed by atoms with E-state index in [1.807, 2.05) is 36.4 Å². The summed E-state index contributed by atoms with van der Waals surface area (Å²) in [7, 11) is 0. The van der Waals surface area contributed by atoms with Gasteiger partial charge in [0.25, 0.3) is 0 Å². The third-order valence-corrected chi connectivity index (χ3v) is 4.48. The second-order valence-corrected chi connectivity index (χ2v) is 5.70. The first kappa shape index (κ1) is 14.1. The normalized spacial score (nSPS) is 10.1. The molecule has 98 valence electrons. The summed E-state index contributed by atoms with van der Waals surface area (Å²) >= 11 is 5.23. The summed E-state index contributed by atoms with van der Waals surface area (Å²) < 4.78 is 6.53. The van der Waals surface area contributed by atoms with Crippen molar-refractivity contribution in [2.75, 3.05) is 6.61 Å². The maximum atomic E-state index is 8.56. The van der Waals surface area contributed by atoms with Crippen molar-refractivity contribution in [1.82, 2.24) is 5.32 Å². The average molecular weight is 337 g/mol. The SMILES string of the molecule is N#CCOc1ccccc1CNCc1sccc1Br. The highest BCUT2D eigenvalue weighted by Crippen LogP contribution is 2.23. The predicted octanol–water partition coefficient (Wildman–Crippen LogP) is 3.70. The van der Waals surface area contributed by atoms with Crippen molar-refractivity contribution >= 4 is 27.3 Å². The van der Waals surface area contributed by atoms with E-state index in [2.05, 4.69) is 26.6 Å². The van der Waals surface area contributed by atoms with Crippen LogP contribution < -0.4 is 10.1 Å². The second kappa shape index (κ2) is 7.29. The maximum Gasteiger partial charge on any atom is 0.174 e. The fourth-order valence-corrected chi connectivity index (χ4v) is 3.12. The highest BCUT2D eigenvalue weighted by molar-refractivity contribution is 9.10. The largest absolute Gasteiger partial charge is 0.478 e. The molecule has 0 unspecified atom stereocenters. The Bertz CT molecular complexity index is 577. The maximum absolute atomic E-state index is 8.56. The molecule has 0 atom stereocenters. The molecule has 0 bridgehead atoms. The molecule has 19 heavy (non-hydrogen) atoms. The molecule has 0 spiro atoms. The van der Waals surface area contributed by atoms with Gasteiger partial charge in [0.05, 0.1) is 0 Å². The van der Waals surface area contributed by atoms with Gasteiger partial charge in [-0.15, -0.1) is 11.3 Å². The van der Waals surface area contributed by atoms with Crippen LogP contribution in [0.1, 0.15) is 10.4 Å². The van der Waals surface area contributed by atoms with Crippen molar-refractivity contribution in [3.05, 3.63) is 50.6 Å². The third-order valence-electron chi connectivity index (χ3n) is 2.56. The quantitative estimate of drug-likeness (QED) is 0.874. The summed E-state index contributed by atoms with van der Waals surface area (Å²) in [6.45, 7) is 1.60. The number of nitrogens with one attached hydrogen (secondary N) is 1. The Labute approximate surface area is 125 Å². The molecular weight excluding hydrogens is 324 g/mol. The summed E-state index contributed by atoms with van der Waals surface area (Å²) in [5.74, 6) is 0.766. The van der Waals surface area contributed by atoms with Gasteiger partial charge in [0.2, 0.25) is 0 Å². The number of halogens is 1. The average Bonchev–Trinajstić information content (AvgIpc) is 2.83. The Morgan fingerprint density at radius 1 is 1.26 bits per heavy atom. The Hall–Kier alpha value is -1.35. The van der Waals surface area contributed by atoms with Crippen molar-refractivity contribution < 1.29 is 4.74 Å². The molecule has 0 saturated heterocycles. The minimum Gasteiger partial charge on any atom is -0.478 e. The molecule has 0 aliphatic carbocycles. The number of hydrogen-bond donors (Lipinski definition) is 1. The van der Waals surface area contributed by atoms with E-state index in [4.69, 9.17) is 10.00 Å². The first-order chi connectivity index (χ1) is 9.31. The Morgan fingerprint density at radius 3 is 2.84 bits per heavy atom. The highest BCUT2D eigenvalue weighted by atomic mass is 79.9. The van der Waals surface area contributed by atoms with Gasteiger partial charge < -0.3 is 10.1 Å². The number of benzene rings is 1. The van der Waals surface area contributed by atoms with E-state index in [9.17, 15) is 0 Å². The Morgan fingerprint density at radius 2 is 2.11 bits per heavy atom. The fourth-order valence-electron chi connectivity index (χ4n) is 1.66. The van der Waals surface area contributed by atoms with Gasteiger partial charge in [0, 0.05) is 28.0 Å². The van der Waals surface area contributed by atoms with Crippen LogP contribution in [0.2, 0.25) is 0 Å². The zero-order valence-electron chi connectivity index (χ0n) is 10.2. The van der Waals surface area contributed by atoms with E-state index in [0.29, 0.717) is 6.54 Å². The topological polar surface area (TPSA) is 45.0 Å². The molecule has 3 nitrogen and oxygen atoms in total. The van der Waals surface area contributed by atoms with Crippen LogP contribution in [0.25, 0.3) is 0 Å². The molecule has 0 radical (unpaired) electrons. The number of para-hydroxylation sites is 1. The van der Waals surface area contributed by atoms with Crippen LogP contribution in [0.5, 0.6) is 5.75 Å². The Balaban J connectivity index is 1.92. The van der Waals surface area contributed by atoms with E-state index in [-0.39, 0.29) is 6.61 Å². The summed E-state index contributed by atoms with van der Waals surface area (Å²) in [5, 5.41) is 14.0. The van der Waals surface area contributed by atoms with Gasteiger partial charge in [-0.25, -0.2) is 0 Å². The minimum atomic E-state index is 0.0769. The van der Waals surface area contributed by atoms with E-state index in [0.717, 1.165) is 22.3 Å². The molecule has 0 aliphatic rings. The number of ether oxygens (including phenoxy) is 1. The van der Waals surface area contributed by atoms with Crippen molar-refractivity contribution in [1.29, 1.82) is 5.26 Å². The van der Waals surface area contributed by atoms with Crippen LogP contribution in [0.4, 0.5) is 0 Å². The van der Waals surface area contributed by atoms with Crippen LogP contribution in [0, 0.1) is 11.3 Å². The number of hydrogen-bond acceptors (Lipinski definition) is 4. The van der Waals surface area contributed by atoms with Gasteiger partial charge in [0.15, 0.2) is 6.61 Å². The first-order valence-corrected chi connectivity index (χ1v) is 7.48. The molecule has 5 heteroatoms. The van der Waals surface area contributed by atoms with E-state index in [1.54, 1.807) is 11.3 Å². The van der Waals surface area contributed by atoms with Crippen LogP contribution >= 0.6 is 27.3 Å². The summed E-state index contributed by atoms with van der Waals surface area (Å²) in [5.41, 5.74) is 1.06. The van der Waals surface area contributed by atoms with Crippen molar-refractivity contribution in [2.45, 2.75) is 13.1 Å². The number of thiophene rings is 1.